The summed E-state index contributed by atoms with van der Waals surface area (Å²) in [4.78, 5) is 48.2. The second kappa shape index (κ2) is 9.65. The van der Waals surface area contributed by atoms with Crippen molar-refractivity contribution in [2.24, 2.45) is 11.8 Å². The SMILES string of the molecule is CC[C@]12C=CCN(c3ccccc3)C(=O)[C@H]1[C@H]1C(=O)N(CCCCO)C3C(=O)N(C(C)(C)C)CC=C[C@@]31O2. The molecule has 4 aliphatic heterocycles. The lowest BCUT2D eigenvalue weighted by Gasteiger charge is -2.41. The number of rotatable bonds is 6. The lowest BCUT2D eigenvalue weighted by molar-refractivity contribution is -0.155. The number of benzene rings is 1. The molecule has 1 aromatic carbocycles. The van der Waals surface area contributed by atoms with Crippen LogP contribution in [-0.2, 0) is 19.1 Å². The zero-order valence-electron chi connectivity index (χ0n) is 22.8. The van der Waals surface area contributed by atoms with E-state index in [2.05, 4.69) is 0 Å². The van der Waals surface area contributed by atoms with Gasteiger partial charge in [-0.15, -0.1) is 0 Å². The highest BCUT2D eigenvalue weighted by Crippen LogP contribution is 2.58. The minimum Gasteiger partial charge on any atom is -0.396 e. The fourth-order valence-corrected chi connectivity index (χ4v) is 6.84. The van der Waals surface area contributed by atoms with E-state index in [4.69, 9.17) is 4.74 Å². The number of hydrogen-bond acceptors (Lipinski definition) is 5. The van der Waals surface area contributed by atoms with Gasteiger partial charge in [-0.05, 0) is 52.2 Å². The van der Waals surface area contributed by atoms with E-state index in [-0.39, 0.29) is 24.3 Å². The first-order valence-corrected chi connectivity index (χ1v) is 13.8. The Morgan fingerprint density at radius 3 is 2.32 bits per heavy atom. The zero-order chi connectivity index (χ0) is 27.3. The minimum atomic E-state index is -1.26. The minimum absolute atomic E-state index is 0.0105. The number of aliphatic hydroxyl groups excluding tert-OH is 1. The van der Waals surface area contributed by atoms with Crippen molar-refractivity contribution >= 4 is 23.4 Å². The number of para-hydroxylation sites is 1. The fraction of sp³-hybridized carbons (Fsp3) is 0.567. The van der Waals surface area contributed by atoms with Crippen LogP contribution in [0.3, 0.4) is 0 Å². The Hall–Kier alpha value is -2.97. The van der Waals surface area contributed by atoms with E-state index in [9.17, 15) is 19.5 Å². The largest absolute Gasteiger partial charge is 0.396 e. The first-order chi connectivity index (χ1) is 18.1. The van der Waals surface area contributed by atoms with E-state index in [0.29, 0.717) is 38.9 Å². The van der Waals surface area contributed by atoms with Gasteiger partial charge in [0.05, 0.1) is 17.4 Å². The molecule has 2 fully saturated rings. The van der Waals surface area contributed by atoms with Gasteiger partial charge in [-0.3, -0.25) is 14.4 Å². The topological polar surface area (TPSA) is 90.4 Å². The predicted molar refractivity (Wildman–Crippen MR) is 144 cm³/mol. The smallest absolute Gasteiger partial charge is 0.249 e. The number of unbranched alkanes of at least 4 members (excludes halogenated alkanes) is 1. The molecule has 5 rings (SSSR count). The Bertz CT molecular complexity index is 1160. The molecule has 8 heteroatoms. The Morgan fingerprint density at radius 1 is 0.947 bits per heavy atom. The summed E-state index contributed by atoms with van der Waals surface area (Å²) in [5.41, 5.74) is -1.95. The van der Waals surface area contributed by atoms with Gasteiger partial charge < -0.3 is 24.5 Å². The first-order valence-electron chi connectivity index (χ1n) is 13.8. The molecule has 1 aromatic rings. The van der Waals surface area contributed by atoms with Gasteiger partial charge in [0.2, 0.25) is 17.7 Å². The molecule has 0 aliphatic carbocycles. The molecule has 0 radical (unpaired) electrons. The van der Waals surface area contributed by atoms with Crippen molar-refractivity contribution in [1.82, 2.24) is 9.80 Å². The average molecular weight is 522 g/mol. The van der Waals surface area contributed by atoms with E-state index in [1.165, 1.54) is 0 Å². The summed E-state index contributed by atoms with van der Waals surface area (Å²) < 4.78 is 6.99. The van der Waals surface area contributed by atoms with Crippen LogP contribution in [0, 0.1) is 11.8 Å². The highest BCUT2D eigenvalue weighted by Gasteiger charge is 2.75. The maximum Gasteiger partial charge on any atom is 0.249 e. The number of nitrogens with zero attached hydrogens (tertiary/aromatic N) is 3. The van der Waals surface area contributed by atoms with Gasteiger partial charge in [0.15, 0.2) is 0 Å². The number of fused-ring (bicyclic) bond motifs is 2. The summed E-state index contributed by atoms with van der Waals surface area (Å²) in [5.74, 6) is -2.15. The van der Waals surface area contributed by atoms with E-state index < -0.39 is 34.6 Å². The number of carbonyl (C=O) groups is 3. The van der Waals surface area contributed by atoms with Crippen LogP contribution >= 0.6 is 0 Å². The molecule has 38 heavy (non-hydrogen) atoms. The van der Waals surface area contributed by atoms with Crippen LogP contribution in [0.4, 0.5) is 5.69 Å². The molecule has 3 amide bonds. The van der Waals surface area contributed by atoms with Gasteiger partial charge >= 0.3 is 0 Å². The standard InChI is InChI=1S/C30H39N3O5/c1-5-29-15-11-18-31(21-13-7-6-8-14-21)25(35)22(29)23-26(36)32(17-9-10-20-34)24-27(37)33(28(2,3)4)19-12-16-30(23,24)38-29/h6-8,11-16,22-24,34H,5,9-10,17-20H2,1-4H3/t22-,23+,24?,29+,30+/m1/s1. The number of amides is 3. The van der Waals surface area contributed by atoms with Crippen LogP contribution in [0.5, 0.6) is 0 Å². The normalized spacial score (nSPS) is 32.8. The molecular formula is C30H39N3O5. The molecule has 4 aliphatic rings. The van der Waals surface area contributed by atoms with Crippen LogP contribution < -0.4 is 4.90 Å². The van der Waals surface area contributed by atoms with Crippen molar-refractivity contribution in [3.63, 3.8) is 0 Å². The van der Waals surface area contributed by atoms with Gasteiger partial charge in [0, 0.05) is 37.5 Å². The van der Waals surface area contributed by atoms with Gasteiger partial charge in [0.25, 0.3) is 0 Å². The summed E-state index contributed by atoms with van der Waals surface area (Å²) in [6.07, 6.45) is 9.31. The number of anilines is 1. The number of aliphatic hydroxyl groups is 1. The van der Waals surface area contributed by atoms with Gasteiger partial charge in [0.1, 0.15) is 11.6 Å². The Balaban J connectivity index is 1.65. The Labute approximate surface area is 224 Å². The highest BCUT2D eigenvalue weighted by atomic mass is 16.5. The Morgan fingerprint density at radius 2 is 1.66 bits per heavy atom. The molecule has 204 valence electrons. The molecule has 5 atom stereocenters. The molecule has 8 nitrogen and oxygen atoms in total. The summed E-state index contributed by atoms with van der Waals surface area (Å²) in [6.45, 7) is 9.04. The molecule has 1 spiro atoms. The van der Waals surface area contributed by atoms with Crippen molar-refractivity contribution in [2.45, 2.75) is 69.7 Å². The molecule has 4 heterocycles. The lowest BCUT2D eigenvalue weighted by atomic mass is 9.73. The molecule has 0 aromatic heterocycles. The molecule has 0 saturated carbocycles. The van der Waals surface area contributed by atoms with Crippen molar-refractivity contribution < 1.29 is 24.2 Å². The van der Waals surface area contributed by atoms with E-state index in [1.54, 1.807) is 14.7 Å². The molecule has 1 N–H and O–H groups in total. The second-order valence-electron chi connectivity index (χ2n) is 11.8. The van der Waals surface area contributed by atoms with Crippen LogP contribution in [-0.4, -0.2) is 81.7 Å². The van der Waals surface area contributed by atoms with Crippen molar-refractivity contribution in [3.05, 3.63) is 54.6 Å². The average Bonchev–Trinajstić information content (AvgIpc) is 3.16. The highest BCUT2D eigenvalue weighted by molar-refractivity contribution is 6.04. The van der Waals surface area contributed by atoms with Gasteiger partial charge in [-0.1, -0.05) is 49.4 Å². The third kappa shape index (κ3) is 3.92. The summed E-state index contributed by atoms with van der Waals surface area (Å²) in [5, 5.41) is 9.40. The Kier molecular flexibility index (Phi) is 6.76. The summed E-state index contributed by atoms with van der Waals surface area (Å²) in [7, 11) is 0. The maximum atomic E-state index is 14.4. The number of ether oxygens (including phenoxy) is 1. The van der Waals surface area contributed by atoms with Crippen molar-refractivity contribution in [1.29, 1.82) is 0 Å². The quantitative estimate of drug-likeness (QED) is 0.459. The summed E-state index contributed by atoms with van der Waals surface area (Å²) in [6, 6.07) is 8.61. The van der Waals surface area contributed by atoms with Crippen LogP contribution in [0.1, 0.15) is 47.0 Å². The maximum absolute atomic E-state index is 14.4. The van der Waals surface area contributed by atoms with E-state index in [0.717, 1.165) is 5.69 Å². The van der Waals surface area contributed by atoms with Crippen molar-refractivity contribution in [2.75, 3.05) is 31.1 Å². The number of likely N-dealkylation sites (tertiary alicyclic amines) is 1. The van der Waals surface area contributed by atoms with Crippen molar-refractivity contribution in [3.8, 4) is 0 Å². The molecule has 0 bridgehead atoms. The molecule has 2 saturated heterocycles. The first kappa shape index (κ1) is 26.6. The van der Waals surface area contributed by atoms with Crippen LogP contribution in [0.15, 0.2) is 54.6 Å². The third-order valence-electron chi connectivity index (χ3n) is 8.62. The second-order valence-corrected chi connectivity index (χ2v) is 11.8. The fourth-order valence-electron chi connectivity index (χ4n) is 6.84. The summed E-state index contributed by atoms with van der Waals surface area (Å²) >= 11 is 0. The molecular weight excluding hydrogens is 482 g/mol. The van der Waals surface area contributed by atoms with E-state index in [1.807, 2.05) is 82.3 Å². The predicted octanol–water partition coefficient (Wildman–Crippen LogP) is 2.92. The molecule has 1 unspecified atom stereocenters. The third-order valence-corrected chi connectivity index (χ3v) is 8.62. The lowest BCUT2D eigenvalue weighted by Crippen LogP contribution is -2.59. The number of carbonyl (C=O) groups excluding carboxylic acids is 3. The van der Waals surface area contributed by atoms with Gasteiger partial charge in [-0.25, -0.2) is 0 Å². The van der Waals surface area contributed by atoms with E-state index >= 15 is 0 Å². The zero-order valence-corrected chi connectivity index (χ0v) is 22.8. The van der Waals surface area contributed by atoms with Crippen LogP contribution in [0.25, 0.3) is 0 Å². The van der Waals surface area contributed by atoms with Gasteiger partial charge in [-0.2, -0.15) is 0 Å². The monoisotopic (exact) mass is 521 g/mol. The van der Waals surface area contributed by atoms with Crippen LogP contribution in [0.2, 0.25) is 0 Å². The number of hydrogen-bond donors (Lipinski definition) is 1.